The maximum Gasteiger partial charge on any atom is 0.0694 e. The standard InChI is InChI=1S/C30H35N5/c1-8-21-17(5)25-13-19-12-20(35(7)34-19)14-26-18(6)22(9-2)28(32-26)16-30-24(11-4)23(10-3)29(33-30)15-27(21)31-25/h12-16,34H,8-11H2,1-7H3. The fraction of sp³-hybridized carbons (Fsp3) is 0.367. The number of hydrogen-bond donors (Lipinski definition) is 1. The van der Waals surface area contributed by atoms with Crippen molar-refractivity contribution < 1.29 is 0 Å². The molecule has 5 aliphatic heterocycles. The van der Waals surface area contributed by atoms with Crippen LogP contribution in [0.3, 0.4) is 0 Å². The maximum absolute atomic E-state index is 5.16. The summed E-state index contributed by atoms with van der Waals surface area (Å²) in [6.45, 7) is 13.2. The minimum atomic E-state index is 0.941. The van der Waals surface area contributed by atoms with Gasteiger partial charge in [-0.15, -0.1) is 0 Å². The van der Waals surface area contributed by atoms with Crippen LogP contribution in [0.4, 0.5) is 0 Å². The molecule has 180 valence electrons. The zero-order chi connectivity index (χ0) is 24.9. The summed E-state index contributed by atoms with van der Waals surface area (Å²) in [5.74, 6) is 0. The van der Waals surface area contributed by atoms with Gasteiger partial charge in [0.15, 0.2) is 0 Å². The second kappa shape index (κ2) is 8.95. The lowest BCUT2D eigenvalue weighted by Crippen LogP contribution is -2.26. The summed E-state index contributed by atoms with van der Waals surface area (Å²) in [7, 11) is 2.04. The van der Waals surface area contributed by atoms with Crippen molar-refractivity contribution in [3.05, 3.63) is 92.3 Å². The molecule has 0 saturated carbocycles. The minimum absolute atomic E-state index is 0.941. The number of hydrazine groups is 1. The lowest BCUT2D eigenvalue weighted by molar-refractivity contribution is 0.377. The van der Waals surface area contributed by atoms with E-state index in [0.29, 0.717) is 0 Å². The summed E-state index contributed by atoms with van der Waals surface area (Å²) in [5, 5.41) is 2.05. The SMILES string of the molecule is CCC1=C(C)C2=NC1=CC1=NC(=CC3=NC(=CC4=CC(=C2)N(C)N4)C(C)=C3CC)C(CC)=C1CC. The van der Waals surface area contributed by atoms with Gasteiger partial charge in [0.05, 0.1) is 45.6 Å². The number of allylic oxidation sites excluding steroid dienone is 11. The van der Waals surface area contributed by atoms with Crippen LogP contribution in [0.2, 0.25) is 0 Å². The van der Waals surface area contributed by atoms with Crippen LogP contribution >= 0.6 is 0 Å². The van der Waals surface area contributed by atoms with Crippen LogP contribution in [0.1, 0.15) is 67.2 Å². The lowest BCUT2D eigenvalue weighted by Gasteiger charge is -2.15. The van der Waals surface area contributed by atoms with Gasteiger partial charge in [-0.05, 0) is 103 Å². The van der Waals surface area contributed by atoms with Gasteiger partial charge in [0, 0.05) is 7.05 Å². The summed E-state index contributed by atoms with van der Waals surface area (Å²) < 4.78 is 0. The third-order valence-corrected chi connectivity index (χ3v) is 7.52. The van der Waals surface area contributed by atoms with E-state index in [1.165, 1.54) is 33.4 Å². The van der Waals surface area contributed by atoms with Gasteiger partial charge in [0.25, 0.3) is 0 Å². The number of hydrogen-bond acceptors (Lipinski definition) is 5. The van der Waals surface area contributed by atoms with Crippen LogP contribution in [0.25, 0.3) is 0 Å². The smallest absolute Gasteiger partial charge is 0.0694 e. The number of fused-ring (bicyclic) bond motifs is 4. The quantitative estimate of drug-likeness (QED) is 0.496. The van der Waals surface area contributed by atoms with Crippen molar-refractivity contribution >= 4 is 17.1 Å². The number of nitrogens with one attached hydrogen (secondary N) is 1. The van der Waals surface area contributed by atoms with Gasteiger partial charge in [-0.25, -0.2) is 15.0 Å². The molecular weight excluding hydrogens is 430 g/mol. The Bertz CT molecular complexity index is 1360. The Morgan fingerprint density at radius 1 is 0.600 bits per heavy atom. The first kappa shape index (κ1) is 23.3. The van der Waals surface area contributed by atoms with Crippen molar-refractivity contribution in [1.82, 2.24) is 10.4 Å². The van der Waals surface area contributed by atoms with E-state index in [4.69, 9.17) is 15.0 Å². The normalized spacial score (nSPS) is 21.5. The molecular formula is C30H35N5. The Labute approximate surface area is 209 Å². The first-order chi connectivity index (χ1) is 16.9. The Morgan fingerprint density at radius 3 is 1.83 bits per heavy atom. The highest BCUT2D eigenvalue weighted by atomic mass is 15.5. The van der Waals surface area contributed by atoms with Crippen molar-refractivity contribution in [2.24, 2.45) is 15.0 Å². The third kappa shape index (κ3) is 3.83. The highest BCUT2D eigenvalue weighted by Crippen LogP contribution is 2.37. The molecule has 5 nitrogen and oxygen atoms in total. The van der Waals surface area contributed by atoms with Crippen molar-refractivity contribution in [3.8, 4) is 0 Å². The van der Waals surface area contributed by atoms with E-state index in [2.05, 4.69) is 77.3 Å². The average molecular weight is 466 g/mol. The Balaban J connectivity index is 1.78. The van der Waals surface area contributed by atoms with Gasteiger partial charge in [-0.1, -0.05) is 27.7 Å². The molecule has 1 N–H and O–H groups in total. The van der Waals surface area contributed by atoms with Crippen molar-refractivity contribution in [1.29, 1.82) is 0 Å². The maximum atomic E-state index is 5.16. The van der Waals surface area contributed by atoms with Gasteiger partial charge in [0.2, 0.25) is 0 Å². The van der Waals surface area contributed by atoms with E-state index in [0.717, 1.165) is 71.3 Å². The Kier molecular flexibility index (Phi) is 5.96. The molecule has 0 fully saturated rings. The third-order valence-electron chi connectivity index (χ3n) is 7.52. The van der Waals surface area contributed by atoms with Crippen molar-refractivity contribution in [2.45, 2.75) is 67.2 Å². The molecule has 35 heavy (non-hydrogen) atoms. The van der Waals surface area contributed by atoms with Gasteiger partial charge < -0.3 is 0 Å². The molecule has 0 aromatic carbocycles. The molecule has 0 saturated heterocycles. The largest absolute Gasteiger partial charge is 0.299 e. The first-order valence-electron chi connectivity index (χ1n) is 12.9. The summed E-state index contributed by atoms with van der Waals surface area (Å²) >= 11 is 0. The van der Waals surface area contributed by atoms with E-state index in [1.54, 1.807) is 0 Å². The van der Waals surface area contributed by atoms with Crippen LogP contribution in [-0.4, -0.2) is 29.2 Å². The van der Waals surface area contributed by atoms with E-state index in [1.807, 2.05) is 12.1 Å². The number of aliphatic imine (C=N–C) groups is 3. The van der Waals surface area contributed by atoms with E-state index < -0.39 is 0 Å². The molecule has 8 bridgehead atoms. The molecule has 0 unspecified atom stereocenters. The van der Waals surface area contributed by atoms with Crippen LogP contribution in [0.5, 0.6) is 0 Å². The molecule has 0 radical (unpaired) electrons. The average Bonchev–Trinajstić information content (AvgIpc) is 3.52. The zero-order valence-electron chi connectivity index (χ0n) is 22.0. The summed E-state index contributed by atoms with van der Waals surface area (Å²) in [5.41, 5.74) is 19.5. The van der Waals surface area contributed by atoms with Gasteiger partial charge in [0.1, 0.15) is 0 Å². The second-order valence-electron chi connectivity index (χ2n) is 9.50. The lowest BCUT2D eigenvalue weighted by atomic mass is 9.96. The van der Waals surface area contributed by atoms with E-state index in [9.17, 15) is 0 Å². The monoisotopic (exact) mass is 465 g/mol. The molecule has 0 spiro atoms. The highest BCUT2D eigenvalue weighted by molar-refractivity contribution is 6.18. The van der Waals surface area contributed by atoms with Crippen LogP contribution in [0.15, 0.2) is 107 Å². The number of nitrogens with zero attached hydrogens (tertiary/aromatic N) is 4. The fourth-order valence-corrected chi connectivity index (χ4v) is 5.58. The summed E-state index contributed by atoms with van der Waals surface area (Å²) in [6.07, 6.45) is 14.7. The highest BCUT2D eigenvalue weighted by Gasteiger charge is 2.27. The van der Waals surface area contributed by atoms with Crippen molar-refractivity contribution in [2.75, 3.05) is 7.05 Å². The summed E-state index contributed by atoms with van der Waals surface area (Å²) in [4.78, 5) is 15.3. The zero-order valence-corrected chi connectivity index (χ0v) is 22.0. The predicted octanol–water partition coefficient (Wildman–Crippen LogP) is 6.80. The Hall–Kier alpha value is -3.47. The fourth-order valence-electron chi connectivity index (χ4n) is 5.58. The van der Waals surface area contributed by atoms with Crippen LogP contribution in [-0.2, 0) is 0 Å². The minimum Gasteiger partial charge on any atom is -0.299 e. The van der Waals surface area contributed by atoms with Gasteiger partial charge >= 0.3 is 0 Å². The summed E-state index contributed by atoms with van der Waals surface area (Å²) in [6, 6.07) is 0. The molecule has 0 atom stereocenters. The Morgan fingerprint density at radius 2 is 1.17 bits per heavy atom. The van der Waals surface area contributed by atoms with Gasteiger partial charge in [-0.2, -0.15) is 0 Å². The van der Waals surface area contributed by atoms with E-state index >= 15 is 0 Å². The molecule has 0 aromatic rings. The molecule has 5 aliphatic rings. The molecule has 5 rings (SSSR count). The van der Waals surface area contributed by atoms with Crippen molar-refractivity contribution in [3.63, 3.8) is 0 Å². The molecule has 0 aliphatic carbocycles. The topological polar surface area (TPSA) is 52.4 Å². The van der Waals surface area contributed by atoms with Crippen LogP contribution < -0.4 is 5.43 Å². The molecule has 5 heterocycles. The van der Waals surface area contributed by atoms with Gasteiger partial charge in [-0.3, -0.25) is 10.4 Å². The molecule has 0 aromatic heterocycles. The number of rotatable bonds is 4. The van der Waals surface area contributed by atoms with E-state index in [-0.39, 0.29) is 0 Å². The molecule has 5 heteroatoms. The predicted molar refractivity (Wildman–Crippen MR) is 147 cm³/mol. The molecule has 0 amide bonds. The first-order valence-corrected chi connectivity index (χ1v) is 12.9. The van der Waals surface area contributed by atoms with Crippen LogP contribution in [0, 0.1) is 0 Å². The number of likely N-dealkylation sites (N-methyl/N-ethyl adjacent to an activating group) is 1. The second-order valence-corrected chi connectivity index (χ2v) is 9.50.